The van der Waals surface area contributed by atoms with E-state index in [4.69, 9.17) is 0 Å². The Bertz CT molecular complexity index is 534. The molecule has 1 atom stereocenters. The van der Waals surface area contributed by atoms with E-state index in [0.717, 1.165) is 24.8 Å². The van der Waals surface area contributed by atoms with Crippen molar-refractivity contribution in [1.82, 2.24) is 10.2 Å². The molecule has 0 aromatic heterocycles. The molecule has 112 valence electrons. The average Bonchev–Trinajstić information content (AvgIpc) is 3.33. The number of carbonyl (C=O) groups excluding carboxylic acids is 2. The zero-order chi connectivity index (χ0) is 14.8. The Hall–Kier alpha value is -1.84. The van der Waals surface area contributed by atoms with Crippen LogP contribution in [-0.2, 0) is 22.6 Å². The second-order valence-electron chi connectivity index (χ2n) is 6.06. The zero-order valence-electron chi connectivity index (χ0n) is 12.5. The SMILES string of the molecule is CCc1ccc(CN2CCC(=O)NC(C3CC3)C2=O)cc1. The Morgan fingerprint density at radius 1 is 1.14 bits per heavy atom. The summed E-state index contributed by atoms with van der Waals surface area (Å²) in [6.45, 7) is 3.25. The molecule has 4 heteroatoms. The average molecular weight is 286 g/mol. The summed E-state index contributed by atoms with van der Waals surface area (Å²) >= 11 is 0. The third-order valence-electron chi connectivity index (χ3n) is 4.40. The fourth-order valence-corrected chi connectivity index (χ4v) is 2.86. The van der Waals surface area contributed by atoms with Crippen LogP contribution in [0.2, 0.25) is 0 Å². The lowest BCUT2D eigenvalue weighted by Crippen LogP contribution is -2.45. The van der Waals surface area contributed by atoms with Crippen molar-refractivity contribution in [3.8, 4) is 0 Å². The summed E-state index contributed by atoms with van der Waals surface area (Å²) in [6.07, 6.45) is 3.53. The molecule has 1 N–H and O–H groups in total. The van der Waals surface area contributed by atoms with Crippen LogP contribution in [0.4, 0.5) is 0 Å². The Kier molecular flexibility index (Phi) is 3.95. The first-order chi connectivity index (χ1) is 10.2. The maximum atomic E-state index is 12.6. The van der Waals surface area contributed by atoms with E-state index in [2.05, 4.69) is 36.5 Å². The van der Waals surface area contributed by atoms with E-state index in [-0.39, 0.29) is 17.9 Å². The van der Waals surface area contributed by atoms with Gasteiger partial charge in [0, 0.05) is 19.5 Å². The maximum absolute atomic E-state index is 12.6. The van der Waals surface area contributed by atoms with E-state index in [1.54, 1.807) is 0 Å². The van der Waals surface area contributed by atoms with Crippen molar-refractivity contribution >= 4 is 11.8 Å². The highest BCUT2D eigenvalue weighted by molar-refractivity contribution is 5.90. The van der Waals surface area contributed by atoms with Gasteiger partial charge in [-0.1, -0.05) is 31.2 Å². The molecule has 1 saturated carbocycles. The van der Waals surface area contributed by atoms with Crippen LogP contribution in [0, 0.1) is 5.92 Å². The van der Waals surface area contributed by atoms with E-state index in [9.17, 15) is 9.59 Å². The van der Waals surface area contributed by atoms with Crippen LogP contribution in [0.25, 0.3) is 0 Å². The van der Waals surface area contributed by atoms with Gasteiger partial charge in [-0.05, 0) is 36.3 Å². The molecular weight excluding hydrogens is 264 g/mol. The molecule has 0 bridgehead atoms. The highest BCUT2D eigenvalue weighted by Crippen LogP contribution is 2.34. The van der Waals surface area contributed by atoms with E-state index in [1.807, 2.05) is 4.90 Å². The minimum Gasteiger partial charge on any atom is -0.344 e. The quantitative estimate of drug-likeness (QED) is 0.918. The zero-order valence-corrected chi connectivity index (χ0v) is 12.5. The molecule has 0 radical (unpaired) electrons. The molecule has 1 heterocycles. The normalized spacial score (nSPS) is 22.9. The Morgan fingerprint density at radius 3 is 2.43 bits per heavy atom. The van der Waals surface area contributed by atoms with E-state index in [1.165, 1.54) is 5.56 Å². The Balaban J connectivity index is 1.72. The Morgan fingerprint density at radius 2 is 1.81 bits per heavy atom. The number of rotatable bonds is 4. The third kappa shape index (κ3) is 3.26. The first-order valence-electron chi connectivity index (χ1n) is 7.83. The van der Waals surface area contributed by atoms with Gasteiger partial charge in [0.25, 0.3) is 0 Å². The number of hydrogen-bond acceptors (Lipinski definition) is 2. The van der Waals surface area contributed by atoms with Gasteiger partial charge in [0.2, 0.25) is 11.8 Å². The summed E-state index contributed by atoms with van der Waals surface area (Å²) in [6, 6.07) is 8.09. The number of aryl methyl sites for hydroxylation is 1. The second kappa shape index (κ2) is 5.88. The summed E-state index contributed by atoms with van der Waals surface area (Å²) in [4.78, 5) is 26.2. The molecule has 0 spiro atoms. The second-order valence-corrected chi connectivity index (χ2v) is 6.06. The van der Waals surface area contributed by atoms with Crippen LogP contribution in [-0.4, -0.2) is 29.3 Å². The summed E-state index contributed by atoms with van der Waals surface area (Å²) in [5.41, 5.74) is 2.43. The maximum Gasteiger partial charge on any atom is 0.245 e. The summed E-state index contributed by atoms with van der Waals surface area (Å²) in [5.74, 6) is 0.441. The topological polar surface area (TPSA) is 49.4 Å². The van der Waals surface area contributed by atoms with Crippen LogP contribution in [0.15, 0.2) is 24.3 Å². The summed E-state index contributed by atoms with van der Waals surface area (Å²) in [7, 11) is 0. The van der Waals surface area contributed by atoms with Crippen LogP contribution in [0.3, 0.4) is 0 Å². The number of nitrogens with one attached hydrogen (secondary N) is 1. The standard InChI is InChI=1S/C17H22N2O2/c1-2-12-3-5-13(6-4-12)11-19-10-9-15(20)18-16(17(19)21)14-7-8-14/h3-6,14,16H,2,7-11H2,1H3,(H,18,20). The van der Waals surface area contributed by atoms with Crippen LogP contribution < -0.4 is 5.32 Å². The van der Waals surface area contributed by atoms with Crippen molar-refractivity contribution < 1.29 is 9.59 Å². The number of nitrogens with zero attached hydrogens (tertiary/aromatic N) is 1. The lowest BCUT2D eigenvalue weighted by molar-refractivity contribution is -0.134. The van der Waals surface area contributed by atoms with Crippen molar-refractivity contribution in [3.05, 3.63) is 35.4 Å². The minimum absolute atomic E-state index is 0.00378. The molecule has 2 amide bonds. The van der Waals surface area contributed by atoms with Gasteiger partial charge in [-0.15, -0.1) is 0 Å². The van der Waals surface area contributed by atoms with Crippen molar-refractivity contribution in [3.63, 3.8) is 0 Å². The predicted octanol–water partition coefficient (Wildman–Crippen LogP) is 1.88. The highest BCUT2D eigenvalue weighted by Gasteiger charge is 2.40. The number of amides is 2. The van der Waals surface area contributed by atoms with Gasteiger partial charge >= 0.3 is 0 Å². The van der Waals surface area contributed by atoms with Gasteiger partial charge in [0.15, 0.2) is 0 Å². The third-order valence-corrected chi connectivity index (χ3v) is 4.40. The number of carbonyl (C=O) groups is 2. The molecule has 1 aromatic rings. The van der Waals surface area contributed by atoms with Gasteiger partial charge in [-0.2, -0.15) is 0 Å². The first kappa shape index (κ1) is 14.1. The first-order valence-corrected chi connectivity index (χ1v) is 7.83. The molecule has 2 fully saturated rings. The van der Waals surface area contributed by atoms with E-state index >= 15 is 0 Å². The van der Waals surface area contributed by atoms with Crippen molar-refractivity contribution in [2.75, 3.05) is 6.54 Å². The van der Waals surface area contributed by atoms with Gasteiger partial charge in [0.05, 0.1) is 0 Å². The van der Waals surface area contributed by atoms with Crippen molar-refractivity contribution in [1.29, 1.82) is 0 Å². The summed E-state index contributed by atoms with van der Waals surface area (Å²) < 4.78 is 0. The molecule has 3 rings (SSSR count). The minimum atomic E-state index is -0.296. The van der Waals surface area contributed by atoms with Gasteiger partial charge in [-0.3, -0.25) is 9.59 Å². The van der Waals surface area contributed by atoms with Crippen LogP contribution in [0.1, 0.15) is 37.3 Å². The lowest BCUT2D eigenvalue weighted by Gasteiger charge is -2.24. The van der Waals surface area contributed by atoms with Gasteiger partial charge in [-0.25, -0.2) is 0 Å². The van der Waals surface area contributed by atoms with E-state index < -0.39 is 0 Å². The van der Waals surface area contributed by atoms with Crippen molar-refractivity contribution in [2.24, 2.45) is 5.92 Å². The van der Waals surface area contributed by atoms with Gasteiger partial charge in [0.1, 0.15) is 6.04 Å². The van der Waals surface area contributed by atoms with Crippen LogP contribution >= 0.6 is 0 Å². The summed E-state index contributed by atoms with van der Waals surface area (Å²) in [5, 5.41) is 2.89. The smallest absolute Gasteiger partial charge is 0.245 e. The van der Waals surface area contributed by atoms with Crippen LogP contribution in [0.5, 0.6) is 0 Å². The fraction of sp³-hybridized carbons (Fsp3) is 0.529. The molecule has 1 aromatic carbocycles. The van der Waals surface area contributed by atoms with Gasteiger partial charge < -0.3 is 10.2 Å². The Labute approximate surface area is 125 Å². The molecular formula is C17H22N2O2. The molecule has 1 saturated heterocycles. The number of benzene rings is 1. The highest BCUT2D eigenvalue weighted by atomic mass is 16.2. The fourth-order valence-electron chi connectivity index (χ4n) is 2.86. The molecule has 1 unspecified atom stereocenters. The molecule has 1 aliphatic carbocycles. The lowest BCUT2D eigenvalue weighted by atomic mass is 10.1. The molecule has 4 nitrogen and oxygen atoms in total. The molecule has 1 aliphatic heterocycles. The number of hydrogen-bond donors (Lipinski definition) is 1. The monoisotopic (exact) mass is 286 g/mol. The molecule has 21 heavy (non-hydrogen) atoms. The molecule has 2 aliphatic rings. The largest absolute Gasteiger partial charge is 0.344 e. The predicted molar refractivity (Wildman–Crippen MR) is 80.5 cm³/mol. The van der Waals surface area contributed by atoms with E-state index in [0.29, 0.717) is 25.4 Å². The van der Waals surface area contributed by atoms with Crippen molar-refractivity contribution in [2.45, 2.75) is 45.2 Å².